The maximum Gasteiger partial charge on any atom is 0.265 e. The third-order valence-corrected chi connectivity index (χ3v) is 4.98. The van der Waals surface area contributed by atoms with E-state index in [1.165, 1.54) is 17.4 Å². The van der Waals surface area contributed by atoms with Crippen LogP contribution in [-0.4, -0.2) is 17.4 Å². The lowest BCUT2D eigenvalue weighted by Gasteiger charge is -2.20. The number of anilines is 1. The molecule has 0 fully saturated rings. The number of amides is 2. The molecular weight excluding hydrogens is 375 g/mol. The number of thiophene rings is 1. The van der Waals surface area contributed by atoms with Crippen LogP contribution in [0.2, 0.25) is 0 Å². The molecule has 1 heterocycles. The number of rotatable bonds is 4. The summed E-state index contributed by atoms with van der Waals surface area (Å²) >= 11 is 1.23. The van der Waals surface area contributed by atoms with Crippen molar-refractivity contribution in [2.75, 3.05) is 5.32 Å². The summed E-state index contributed by atoms with van der Waals surface area (Å²) in [6, 6.07) is 16.6. The highest BCUT2D eigenvalue weighted by molar-refractivity contribution is 7.17. The second kappa shape index (κ2) is 7.94. The molecule has 144 valence electrons. The number of benzene rings is 2. The summed E-state index contributed by atoms with van der Waals surface area (Å²) in [6.07, 6.45) is 0. The molecule has 0 spiro atoms. The van der Waals surface area contributed by atoms with Crippen molar-refractivity contribution in [1.29, 1.82) is 0 Å². The van der Waals surface area contributed by atoms with Crippen molar-refractivity contribution >= 4 is 28.8 Å². The summed E-state index contributed by atoms with van der Waals surface area (Å²) in [5.74, 6) is -0.766. The standard InChI is InChI=1S/C22H21FN2O2S/c1-22(2,3)25-20(26)14-8-10-15(11-9-14)24-21(27)19-13-12-18(28-19)16-6-4-5-7-17(16)23/h4-13H,1-3H3,(H,24,27)(H,25,26). The Labute approximate surface area is 167 Å². The molecule has 0 aliphatic carbocycles. The highest BCUT2D eigenvalue weighted by Gasteiger charge is 2.16. The van der Waals surface area contributed by atoms with Crippen molar-refractivity contribution in [3.8, 4) is 10.4 Å². The highest BCUT2D eigenvalue weighted by atomic mass is 32.1. The number of halogens is 1. The van der Waals surface area contributed by atoms with Crippen molar-refractivity contribution in [1.82, 2.24) is 5.32 Å². The molecule has 3 aromatic rings. The Balaban J connectivity index is 1.69. The van der Waals surface area contributed by atoms with Crippen LogP contribution >= 0.6 is 11.3 Å². The first-order chi connectivity index (χ1) is 13.2. The molecule has 0 bridgehead atoms. The molecule has 0 saturated heterocycles. The van der Waals surface area contributed by atoms with Gasteiger partial charge in [-0.2, -0.15) is 0 Å². The minimum absolute atomic E-state index is 0.168. The zero-order chi connectivity index (χ0) is 20.3. The molecule has 3 rings (SSSR count). The van der Waals surface area contributed by atoms with E-state index in [0.29, 0.717) is 26.6 Å². The predicted octanol–water partition coefficient (Wildman–Crippen LogP) is 5.33. The summed E-state index contributed by atoms with van der Waals surface area (Å²) in [7, 11) is 0. The normalized spacial score (nSPS) is 11.1. The maximum atomic E-state index is 13.9. The molecule has 0 saturated carbocycles. The van der Waals surface area contributed by atoms with Gasteiger partial charge in [-0.05, 0) is 63.2 Å². The second-order valence-corrected chi connectivity index (χ2v) is 8.46. The minimum atomic E-state index is -0.320. The van der Waals surface area contributed by atoms with E-state index in [1.807, 2.05) is 20.8 Å². The lowest BCUT2D eigenvalue weighted by molar-refractivity contribution is 0.0919. The first-order valence-corrected chi connectivity index (χ1v) is 9.63. The van der Waals surface area contributed by atoms with E-state index in [0.717, 1.165) is 0 Å². The van der Waals surface area contributed by atoms with Crippen molar-refractivity contribution in [2.24, 2.45) is 0 Å². The summed E-state index contributed by atoms with van der Waals surface area (Å²) in [4.78, 5) is 25.8. The van der Waals surface area contributed by atoms with E-state index in [1.54, 1.807) is 54.6 Å². The molecule has 4 nitrogen and oxygen atoms in total. The van der Waals surface area contributed by atoms with Crippen LogP contribution in [0.25, 0.3) is 10.4 Å². The average molecular weight is 396 g/mol. The zero-order valence-corrected chi connectivity index (χ0v) is 16.7. The van der Waals surface area contributed by atoms with Gasteiger partial charge in [0.15, 0.2) is 0 Å². The van der Waals surface area contributed by atoms with E-state index in [-0.39, 0.29) is 23.2 Å². The van der Waals surface area contributed by atoms with Gasteiger partial charge in [0.1, 0.15) is 5.82 Å². The fraction of sp³-hybridized carbons (Fsp3) is 0.182. The molecular formula is C22H21FN2O2S. The molecule has 28 heavy (non-hydrogen) atoms. The Morgan fingerprint density at radius 3 is 2.21 bits per heavy atom. The average Bonchev–Trinajstić information content (AvgIpc) is 3.11. The van der Waals surface area contributed by atoms with Gasteiger partial charge in [0.2, 0.25) is 0 Å². The third-order valence-electron chi connectivity index (χ3n) is 3.86. The Morgan fingerprint density at radius 2 is 1.57 bits per heavy atom. The van der Waals surface area contributed by atoms with E-state index in [9.17, 15) is 14.0 Å². The van der Waals surface area contributed by atoms with Crippen molar-refractivity contribution in [3.05, 3.63) is 76.9 Å². The van der Waals surface area contributed by atoms with Crippen LogP contribution < -0.4 is 10.6 Å². The molecule has 1 aromatic heterocycles. The molecule has 0 radical (unpaired) electrons. The summed E-state index contributed by atoms with van der Waals surface area (Å²) in [5.41, 5.74) is 1.25. The molecule has 6 heteroatoms. The maximum absolute atomic E-state index is 13.9. The van der Waals surface area contributed by atoms with E-state index >= 15 is 0 Å². The Hall–Kier alpha value is -2.99. The van der Waals surface area contributed by atoms with E-state index in [4.69, 9.17) is 0 Å². The van der Waals surface area contributed by atoms with Crippen molar-refractivity contribution in [3.63, 3.8) is 0 Å². The zero-order valence-electron chi connectivity index (χ0n) is 15.9. The van der Waals surface area contributed by atoms with Crippen LogP contribution in [0.3, 0.4) is 0 Å². The SMILES string of the molecule is CC(C)(C)NC(=O)c1ccc(NC(=O)c2ccc(-c3ccccc3F)s2)cc1. The quantitative estimate of drug-likeness (QED) is 0.626. The van der Waals surface area contributed by atoms with Crippen LogP contribution in [0, 0.1) is 5.82 Å². The Kier molecular flexibility index (Phi) is 5.61. The van der Waals surface area contributed by atoms with E-state index < -0.39 is 0 Å². The van der Waals surface area contributed by atoms with Crippen LogP contribution in [-0.2, 0) is 0 Å². The second-order valence-electron chi connectivity index (χ2n) is 7.38. The fourth-order valence-electron chi connectivity index (χ4n) is 2.58. The van der Waals surface area contributed by atoms with Crippen molar-refractivity contribution in [2.45, 2.75) is 26.3 Å². The fourth-order valence-corrected chi connectivity index (χ4v) is 3.50. The van der Waals surface area contributed by atoms with Gasteiger partial charge >= 0.3 is 0 Å². The largest absolute Gasteiger partial charge is 0.347 e. The predicted molar refractivity (Wildman–Crippen MR) is 111 cm³/mol. The first-order valence-electron chi connectivity index (χ1n) is 8.81. The van der Waals surface area contributed by atoms with Gasteiger partial charge < -0.3 is 10.6 Å². The Morgan fingerprint density at radius 1 is 0.893 bits per heavy atom. The van der Waals surface area contributed by atoms with Crippen LogP contribution in [0.4, 0.5) is 10.1 Å². The van der Waals surface area contributed by atoms with Gasteiger partial charge in [-0.1, -0.05) is 18.2 Å². The lowest BCUT2D eigenvalue weighted by Crippen LogP contribution is -2.40. The number of hydrogen-bond donors (Lipinski definition) is 2. The number of nitrogens with one attached hydrogen (secondary N) is 2. The van der Waals surface area contributed by atoms with E-state index in [2.05, 4.69) is 10.6 Å². The number of hydrogen-bond acceptors (Lipinski definition) is 3. The van der Waals surface area contributed by atoms with Gasteiger partial charge in [0.05, 0.1) is 4.88 Å². The van der Waals surface area contributed by atoms with Crippen LogP contribution in [0.5, 0.6) is 0 Å². The van der Waals surface area contributed by atoms with Gasteiger partial charge in [-0.15, -0.1) is 11.3 Å². The lowest BCUT2D eigenvalue weighted by atomic mass is 10.1. The monoisotopic (exact) mass is 396 g/mol. The number of carbonyl (C=O) groups is 2. The summed E-state index contributed by atoms with van der Waals surface area (Å²) in [5, 5.41) is 5.69. The number of carbonyl (C=O) groups excluding carboxylic acids is 2. The summed E-state index contributed by atoms with van der Waals surface area (Å²) < 4.78 is 13.9. The highest BCUT2D eigenvalue weighted by Crippen LogP contribution is 2.30. The Bertz CT molecular complexity index is 1000. The molecule has 0 aliphatic rings. The molecule has 0 unspecified atom stereocenters. The molecule has 2 amide bonds. The van der Waals surface area contributed by atoms with Gasteiger partial charge in [-0.25, -0.2) is 4.39 Å². The third kappa shape index (κ3) is 4.84. The van der Waals surface area contributed by atoms with Crippen molar-refractivity contribution < 1.29 is 14.0 Å². The van der Waals surface area contributed by atoms with Crippen LogP contribution in [0.1, 0.15) is 40.8 Å². The molecule has 2 aromatic carbocycles. The molecule has 0 atom stereocenters. The van der Waals surface area contributed by atoms with Crippen LogP contribution in [0.15, 0.2) is 60.7 Å². The smallest absolute Gasteiger partial charge is 0.265 e. The first kappa shape index (κ1) is 19.8. The van der Waals surface area contributed by atoms with Gasteiger partial charge in [0, 0.05) is 27.2 Å². The topological polar surface area (TPSA) is 58.2 Å². The molecule has 2 N–H and O–H groups in total. The summed E-state index contributed by atoms with van der Waals surface area (Å²) in [6.45, 7) is 5.74. The van der Waals surface area contributed by atoms with Gasteiger partial charge in [-0.3, -0.25) is 9.59 Å². The van der Waals surface area contributed by atoms with Gasteiger partial charge in [0.25, 0.3) is 11.8 Å². The minimum Gasteiger partial charge on any atom is -0.347 e. The molecule has 0 aliphatic heterocycles.